The van der Waals surface area contributed by atoms with Gasteiger partial charge >= 0.3 is 0 Å². The van der Waals surface area contributed by atoms with Crippen LogP contribution in [0.15, 0.2) is 30.3 Å². The Labute approximate surface area is 118 Å². The summed E-state index contributed by atoms with van der Waals surface area (Å²) in [4.78, 5) is 22.6. The third-order valence-corrected chi connectivity index (χ3v) is 3.11. The largest absolute Gasteiger partial charge is 0.391 e. The second-order valence-electron chi connectivity index (χ2n) is 5.21. The molecule has 108 valence electrons. The van der Waals surface area contributed by atoms with Crippen molar-refractivity contribution in [3.05, 3.63) is 41.5 Å². The van der Waals surface area contributed by atoms with Crippen LogP contribution in [0.2, 0.25) is 0 Å². The molecule has 0 saturated carbocycles. The molecular weight excluding hydrogens is 256 g/mol. The van der Waals surface area contributed by atoms with Crippen molar-refractivity contribution in [1.82, 2.24) is 5.32 Å². The first kappa shape index (κ1) is 15.9. The molecule has 1 rings (SSSR count). The smallest absolute Gasteiger partial charge is 0.248 e. The molecule has 0 aliphatic carbocycles. The fourth-order valence-corrected chi connectivity index (χ4v) is 1.39. The molecule has 2 amide bonds. The van der Waals surface area contributed by atoms with E-state index in [0.29, 0.717) is 5.56 Å². The SMILES string of the molecule is CC(O)C(C)(C)NC(=O)/C=C/c1ccc(C(N)=O)cc1. The lowest BCUT2D eigenvalue weighted by atomic mass is 9.99. The van der Waals surface area contributed by atoms with Crippen LogP contribution in [0.5, 0.6) is 0 Å². The normalized spacial score (nSPS) is 13.2. The maximum absolute atomic E-state index is 11.7. The minimum Gasteiger partial charge on any atom is -0.391 e. The number of benzene rings is 1. The third-order valence-electron chi connectivity index (χ3n) is 3.11. The molecule has 0 spiro atoms. The summed E-state index contributed by atoms with van der Waals surface area (Å²) in [6, 6.07) is 6.59. The number of nitrogens with one attached hydrogen (secondary N) is 1. The van der Waals surface area contributed by atoms with Crippen LogP contribution in [-0.2, 0) is 4.79 Å². The van der Waals surface area contributed by atoms with E-state index < -0.39 is 17.6 Å². The summed E-state index contributed by atoms with van der Waals surface area (Å²) in [5, 5.41) is 12.2. The number of aliphatic hydroxyl groups excluding tert-OH is 1. The van der Waals surface area contributed by atoms with Crippen molar-refractivity contribution in [2.45, 2.75) is 32.4 Å². The molecule has 20 heavy (non-hydrogen) atoms. The van der Waals surface area contributed by atoms with Gasteiger partial charge in [0.1, 0.15) is 0 Å². The van der Waals surface area contributed by atoms with Gasteiger partial charge < -0.3 is 16.2 Å². The van der Waals surface area contributed by atoms with E-state index >= 15 is 0 Å². The van der Waals surface area contributed by atoms with Crippen molar-refractivity contribution in [3.8, 4) is 0 Å². The summed E-state index contributed by atoms with van der Waals surface area (Å²) in [6.07, 6.45) is 2.34. The Bertz CT molecular complexity index is 516. The molecule has 0 bridgehead atoms. The van der Waals surface area contributed by atoms with Crippen LogP contribution in [0.3, 0.4) is 0 Å². The van der Waals surface area contributed by atoms with Crippen LogP contribution in [0.25, 0.3) is 6.08 Å². The van der Waals surface area contributed by atoms with Gasteiger partial charge in [-0.3, -0.25) is 9.59 Å². The monoisotopic (exact) mass is 276 g/mol. The second kappa shape index (κ2) is 6.34. The van der Waals surface area contributed by atoms with Crippen molar-refractivity contribution in [2.24, 2.45) is 5.73 Å². The number of nitrogens with two attached hydrogens (primary N) is 1. The zero-order valence-electron chi connectivity index (χ0n) is 11.9. The maximum Gasteiger partial charge on any atom is 0.248 e. The standard InChI is InChI=1S/C15H20N2O3/c1-10(18)15(2,3)17-13(19)9-6-11-4-7-12(8-5-11)14(16)20/h4-10,18H,1-3H3,(H2,16,20)(H,17,19)/b9-6+. The number of carbonyl (C=O) groups is 2. The maximum atomic E-state index is 11.7. The van der Waals surface area contributed by atoms with Gasteiger partial charge in [-0.2, -0.15) is 0 Å². The lowest BCUT2D eigenvalue weighted by molar-refractivity contribution is -0.119. The first-order valence-electron chi connectivity index (χ1n) is 6.30. The second-order valence-corrected chi connectivity index (χ2v) is 5.21. The van der Waals surface area contributed by atoms with Crippen molar-refractivity contribution >= 4 is 17.9 Å². The van der Waals surface area contributed by atoms with Crippen LogP contribution >= 0.6 is 0 Å². The van der Waals surface area contributed by atoms with Gasteiger partial charge in [0.25, 0.3) is 0 Å². The van der Waals surface area contributed by atoms with E-state index in [1.165, 1.54) is 6.08 Å². The van der Waals surface area contributed by atoms with Crippen LogP contribution < -0.4 is 11.1 Å². The van der Waals surface area contributed by atoms with Crippen LogP contribution in [-0.4, -0.2) is 28.6 Å². The summed E-state index contributed by atoms with van der Waals surface area (Å²) in [6.45, 7) is 5.10. The Morgan fingerprint density at radius 3 is 2.30 bits per heavy atom. The summed E-state index contributed by atoms with van der Waals surface area (Å²) in [5.74, 6) is -0.785. The predicted octanol–water partition coefficient (Wildman–Crippen LogP) is 1.07. The molecule has 0 saturated heterocycles. The van der Waals surface area contributed by atoms with Gasteiger partial charge in [0.2, 0.25) is 11.8 Å². The molecule has 4 N–H and O–H groups in total. The molecule has 1 aromatic rings. The van der Waals surface area contributed by atoms with Gasteiger partial charge in [-0.15, -0.1) is 0 Å². The molecule has 0 aliphatic rings. The number of carbonyl (C=O) groups excluding carboxylic acids is 2. The van der Waals surface area contributed by atoms with E-state index in [0.717, 1.165) is 5.56 Å². The molecule has 5 heteroatoms. The highest BCUT2D eigenvalue weighted by atomic mass is 16.3. The predicted molar refractivity (Wildman–Crippen MR) is 77.9 cm³/mol. The summed E-state index contributed by atoms with van der Waals surface area (Å²) in [5.41, 5.74) is 5.64. The first-order valence-corrected chi connectivity index (χ1v) is 6.30. The molecule has 1 aromatic carbocycles. The van der Waals surface area contributed by atoms with Crippen molar-refractivity contribution in [3.63, 3.8) is 0 Å². The summed E-state index contributed by atoms with van der Waals surface area (Å²) >= 11 is 0. The van der Waals surface area contributed by atoms with E-state index in [1.807, 2.05) is 0 Å². The molecule has 0 heterocycles. The van der Waals surface area contributed by atoms with Crippen molar-refractivity contribution in [2.75, 3.05) is 0 Å². The van der Waals surface area contributed by atoms with Gasteiger partial charge in [-0.05, 0) is 44.5 Å². The molecule has 0 aliphatic heterocycles. The third kappa shape index (κ3) is 4.51. The number of rotatable bonds is 5. The minimum atomic E-state index is -0.697. The number of amides is 2. The fraction of sp³-hybridized carbons (Fsp3) is 0.333. The molecule has 0 aromatic heterocycles. The van der Waals surface area contributed by atoms with Crippen LogP contribution in [0.1, 0.15) is 36.7 Å². The number of aliphatic hydroxyl groups is 1. The molecule has 5 nitrogen and oxygen atoms in total. The topological polar surface area (TPSA) is 92.4 Å². The zero-order chi connectivity index (χ0) is 15.3. The Balaban J connectivity index is 2.68. The molecular formula is C15H20N2O3. The molecule has 0 radical (unpaired) electrons. The van der Waals surface area contributed by atoms with Gasteiger partial charge in [-0.25, -0.2) is 0 Å². The van der Waals surface area contributed by atoms with Gasteiger partial charge in [-0.1, -0.05) is 12.1 Å². The highest BCUT2D eigenvalue weighted by molar-refractivity contribution is 5.94. The lowest BCUT2D eigenvalue weighted by Crippen LogP contribution is -2.50. The van der Waals surface area contributed by atoms with E-state index in [2.05, 4.69) is 5.32 Å². The highest BCUT2D eigenvalue weighted by Crippen LogP contribution is 2.09. The Morgan fingerprint density at radius 2 is 1.85 bits per heavy atom. The summed E-state index contributed by atoms with van der Waals surface area (Å²) in [7, 11) is 0. The van der Waals surface area contributed by atoms with E-state index in [-0.39, 0.29) is 5.91 Å². The fourth-order valence-electron chi connectivity index (χ4n) is 1.39. The first-order chi connectivity index (χ1) is 9.22. The Hall–Kier alpha value is -2.14. The van der Waals surface area contributed by atoms with E-state index in [4.69, 9.17) is 5.73 Å². The lowest BCUT2D eigenvalue weighted by Gasteiger charge is -2.28. The summed E-state index contributed by atoms with van der Waals surface area (Å²) < 4.78 is 0. The van der Waals surface area contributed by atoms with Crippen LogP contribution in [0, 0.1) is 0 Å². The molecule has 0 fully saturated rings. The minimum absolute atomic E-state index is 0.296. The van der Waals surface area contributed by atoms with Crippen LogP contribution in [0.4, 0.5) is 0 Å². The Kier molecular flexibility index (Phi) is 5.05. The number of primary amides is 1. The Morgan fingerprint density at radius 1 is 1.30 bits per heavy atom. The van der Waals surface area contributed by atoms with Gasteiger partial charge in [0, 0.05) is 11.6 Å². The van der Waals surface area contributed by atoms with E-state index in [1.54, 1.807) is 51.1 Å². The number of hydrogen-bond acceptors (Lipinski definition) is 3. The molecule has 1 unspecified atom stereocenters. The zero-order valence-corrected chi connectivity index (χ0v) is 11.9. The number of hydrogen-bond donors (Lipinski definition) is 3. The average Bonchev–Trinajstić information content (AvgIpc) is 2.36. The van der Waals surface area contributed by atoms with Crippen molar-refractivity contribution in [1.29, 1.82) is 0 Å². The van der Waals surface area contributed by atoms with E-state index in [9.17, 15) is 14.7 Å². The average molecular weight is 276 g/mol. The van der Waals surface area contributed by atoms with Gasteiger partial charge in [0.05, 0.1) is 11.6 Å². The van der Waals surface area contributed by atoms with Gasteiger partial charge in [0.15, 0.2) is 0 Å². The molecule has 1 atom stereocenters. The van der Waals surface area contributed by atoms with Crippen molar-refractivity contribution < 1.29 is 14.7 Å². The highest BCUT2D eigenvalue weighted by Gasteiger charge is 2.24. The quantitative estimate of drug-likeness (QED) is 0.702.